The van der Waals surface area contributed by atoms with Gasteiger partial charge in [-0.25, -0.2) is 0 Å². The summed E-state index contributed by atoms with van der Waals surface area (Å²) in [6.45, 7) is 7.62. The quantitative estimate of drug-likeness (QED) is 0.688. The van der Waals surface area contributed by atoms with Crippen molar-refractivity contribution in [2.75, 3.05) is 26.2 Å². The van der Waals surface area contributed by atoms with Gasteiger partial charge in [-0.1, -0.05) is 6.92 Å². The van der Waals surface area contributed by atoms with Crippen molar-refractivity contribution in [3.8, 4) is 0 Å². The molecule has 5 nitrogen and oxygen atoms in total. The van der Waals surface area contributed by atoms with Crippen LogP contribution in [-0.4, -0.2) is 60.3 Å². The van der Waals surface area contributed by atoms with E-state index in [-0.39, 0.29) is 12.0 Å². The molecular formula is C17H33N3O2. The maximum absolute atomic E-state index is 11.1. The lowest BCUT2D eigenvalue weighted by Gasteiger charge is -2.33. The van der Waals surface area contributed by atoms with Crippen molar-refractivity contribution in [1.82, 2.24) is 15.5 Å². The van der Waals surface area contributed by atoms with Gasteiger partial charge < -0.3 is 20.6 Å². The highest BCUT2D eigenvalue weighted by Crippen LogP contribution is 2.19. The molecule has 22 heavy (non-hydrogen) atoms. The van der Waals surface area contributed by atoms with Gasteiger partial charge >= 0.3 is 0 Å². The number of piperidine rings is 1. The molecule has 128 valence electrons. The molecular weight excluding hydrogens is 278 g/mol. The number of nitrogens with one attached hydrogen (secondary N) is 2. The number of β-amino-alcohol motifs (C(OH)–C–C–N with tert-alkyl or cyclic N) is 1. The normalized spacial score (nSPS) is 29.2. The van der Waals surface area contributed by atoms with E-state index in [2.05, 4.69) is 22.5 Å². The summed E-state index contributed by atoms with van der Waals surface area (Å²) >= 11 is 0. The van der Waals surface area contributed by atoms with E-state index in [0.29, 0.717) is 18.6 Å². The topological polar surface area (TPSA) is 64.6 Å². The van der Waals surface area contributed by atoms with E-state index in [9.17, 15) is 9.90 Å². The van der Waals surface area contributed by atoms with Crippen LogP contribution in [0.3, 0.4) is 0 Å². The van der Waals surface area contributed by atoms with Crippen LogP contribution in [0.5, 0.6) is 0 Å². The predicted octanol–water partition coefficient (Wildman–Crippen LogP) is 1.12. The first-order valence-electron chi connectivity index (χ1n) is 8.94. The molecule has 0 aromatic rings. The molecule has 0 spiro atoms. The van der Waals surface area contributed by atoms with Crippen molar-refractivity contribution >= 4 is 5.91 Å². The molecule has 2 fully saturated rings. The Hall–Kier alpha value is -0.650. The Balaban J connectivity index is 1.57. The monoisotopic (exact) mass is 311 g/mol. The molecule has 0 bridgehead atoms. The number of nitrogens with zero attached hydrogens (tertiary/aromatic N) is 1. The summed E-state index contributed by atoms with van der Waals surface area (Å²) < 4.78 is 0. The molecule has 0 unspecified atom stereocenters. The molecule has 0 aromatic carbocycles. The van der Waals surface area contributed by atoms with Gasteiger partial charge in [-0.15, -0.1) is 0 Å². The standard InChI is InChI=1S/C17H33N3O2/c1-13-7-9-20(10-8-13)12-17(22)11-18-15-3-5-16(6-4-15)19-14(2)21/h13,15-18,22H,3-12H2,1-2H3,(H,19,21)/t15?,16?,17-/m0/s1. The minimum absolute atomic E-state index is 0.0719. The Morgan fingerprint density at radius 2 is 1.73 bits per heavy atom. The second kappa shape index (κ2) is 8.85. The van der Waals surface area contributed by atoms with Crippen LogP contribution >= 0.6 is 0 Å². The molecule has 0 aromatic heterocycles. The Labute approximate surface area is 134 Å². The number of aliphatic hydroxyl groups is 1. The van der Waals surface area contributed by atoms with Gasteiger partial charge in [-0.05, 0) is 57.5 Å². The summed E-state index contributed by atoms with van der Waals surface area (Å²) in [6, 6.07) is 0.830. The smallest absolute Gasteiger partial charge is 0.217 e. The third kappa shape index (κ3) is 6.23. The maximum Gasteiger partial charge on any atom is 0.217 e. The molecule has 1 saturated carbocycles. The summed E-state index contributed by atoms with van der Waals surface area (Å²) in [4.78, 5) is 13.4. The zero-order valence-electron chi connectivity index (χ0n) is 14.2. The van der Waals surface area contributed by atoms with Gasteiger partial charge in [0.15, 0.2) is 0 Å². The van der Waals surface area contributed by atoms with E-state index in [1.54, 1.807) is 6.92 Å². The van der Waals surface area contributed by atoms with Gasteiger partial charge in [0.1, 0.15) is 0 Å². The molecule has 2 aliphatic rings. The number of hydrogen-bond acceptors (Lipinski definition) is 4. The summed E-state index contributed by atoms with van der Waals surface area (Å²) in [7, 11) is 0. The number of carbonyl (C=O) groups is 1. The SMILES string of the molecule is CC(=O)NC1CCC(NC[C@H](O)CN2CCC(C)CC2)CC1. The number of amides is 1. The van der Waals surface area contributed by atoms with Crippen LogP contribution in [0.15, 0.2) is 0 Å². The average Bonchev–Trinajstić information content (AvgIpc) is 2.48. The van der Waals surface area contributed by atoms with E-state index in [1.807, 2.05) is 0 Å². The van der Waals surface area contributed by atoms with E-state index >= 15 is 0 Å². The van der Waals surface area contributed by atoms with E-state index in [4.69, 9.17) is 0 Å². The summed E-state index contributed by atoms with van der Waals surface area (Å²) in [6.07, 6.45) is 6.48. The van der Waals surface area contributed by atoms with Crippen LogP contribution in [0.4, 0.5) is 0 Å². The molecule has 1 aliphatic carbocycles. The van der Waals surface area contributed by atoms with Crippen LogP contribution in [0.25, 0.3) is 0 Å². The number of hydrogen-bond donors (Lipinski definition) is 3. The molecule has 0 radical (unpaired) electrons. The van der Waals surface area contributed by atoms with Crippen LogP contribution < -0.4 is 10.6 Å². The Morgan fingerprint density at radius 3 is 2.32 bits per heavy atom. The fourth-order valence-corrected chi connectivity index (χ4v) is 3.64. The first kappa shape index (κ1) is 17.7. The Bertz CT molecular complexity index is 335. The summed E-state index contributed by atoms with van der Waals surface area (Å²) in [5.41, 5.74) is 0. The minimum atomic E-state index is -0.276. The van der Waals surface area contributed by atoms with Gasteiger partial charge in [0.25, 0.3) is 0 Å². The van der Waals surface area contributed by atoms with Gasteiger partial charge in [0, 0.05) is 32.1 Å². The van der Waals surface area contributed by atoms with Crippen molar-refractivity contribution in [3.05, 3.63) is 0 Å². The molecule has 3 N–H and O–H groups in total. The highest BCUT2D eigenvalue weighted by Gasteiger charge is 2.23. The number of likely N-dealkylation sites (tertiary alicyclic amines) is 1. The minimum Gasteiger partial charge on any atom is -0.390 e. The first-order chi connectivity index (χ1) is 10.5. The Kier molecular flexibility index (Phi) is 7.12. The molecule has 2 rings (SSSR count). The molecule has 1 amide bonds. The van der Waals surface area contributed by atoms with Crippen molar-refractivity contribution in [2.45, 2.75) is 70.6 Å². The number of carbonyl (C=O) groups excluding carboxylic acids is 1. The second-order valence-electron chi connectivity index (χ2n) is 7.29. The zero-order valence-corrected chi connectivity index (χ0v) is 14.2. The number of rotatable bonds is 6. The third-order valence-corrected chi connectivity index (χ3v) is 5.12. The summed E-state index contributed by atoms with van der Waals surface area (Å²) in [5.74, 6) is 0.910. The first-order valence-corrected chi connectivity index (χ1v) is 8.94. The Morgan fingerprint density at radius 1 is 1.14 bits per heavy atom. The average molecular weight is 311 g/mol. The van der Waals surface area contributed by atoms with Crippen molar-refractivity contribution in [2.24, 2.45) is 5.92 Å². The number of aliphatic hydroxyl groups excluding tert-OH is 1. The highest BCUT2D eigenvalue weighted by atomic mass is 16.3. The molecule has 1 heterocycles. The van der Waals surface area contributed by atoms with Crippen molar-refractivity contribution in [3.63, 3.8) is 0 Å². The second-order valence-corrected chi connectivity index (χ2v) is 7.29. The largest absolute Gasteiger partial charge is 0.390 e. The van der Waals surface area contributed by atoms with Gasteiger partial charge in [-0.2, -0.15) is 0 Å². The van der Waals surface area contributed by atoms with E-state index in [1.165, 1.54) is 12.8 Å². The van der Waals surface area contributed by atoms with Crippen LogP contribution in [0.1, 0.15) is 52.4 Å². The van der Waals surface area contributed by atoms with Crippen LogP contribution in [-0.2, 0) is 4.79 Å². The fourth-order valence-electron chi connectivity index (χ4n) is 3.64. The van der Waals surface area contributed by atoms with Crippen LogP contribution in [0, 0.1) is 5.92 Å². The molecule has 1 atom stereocenters. The third-order valence-electron chi connectivity index (χ3n) is 5.12. The lowest BCUT2D eigenvalue weighted by atomic mass is 9.91. The van der Waals surface area contributed by atoms with E-state index < -0.39 is 0 Å². The summed E-state index contributed by atoms with van der Waals surface area (Å²) in [5, 5.41) is 16.7. The van der Waals surface area contributed by atoms with Crippen molar-refractivity contribution < 1.29 is 9.90 Å². The highest BCUT2D eigenvalue weighted by molar-refractivity contribution is 5.73. The molecule has 1 saturated heterocycles. The van der Waals surface area contributed by atoms with Crippen molar-refractivity contribution in [1.29, 1.82) is 0 Å². The molecule has 5 heteroatoms. The van der Waals surface area contributed by atoms with Gasteiger partial charge in [-0.3, -0.25) is 4.79 Å². The zero-order chi connectivity index (χ0) is 15.9. The fraction of sp³-hybridized carbons (Fsp3) is 0.941. The van der Waals surface area contributed by atoms with Gasteiger partial charge in [0.05, 0.1) is 6.10 Å². The maximum atomic E-state index is 11.1. The predicted molar refractivity (Wildman–Crippen MR) is 88.7 cm³/mol. The molecule has 1 aliphatic heterocycles. The lowest BCUT2D eigenvalue weighted by Crippen LogP contribution is -2.46. The van der Waals surface area contributed by atoms with Gasteiger partial charge in [0.2, 0.25) is 5.91 Å². The lowest BCUT2D eigenvalue weighted by molar-refractivity contribution is -0.119. The van der Waals surface area contributed by atoms with Crippen LogP contribution in [0.2, 0.25) is 0 Å². The van der Waals surface area contributed by atoms with E-state index in [0.717, 1.165) is 51.2 Å².